The topological polar surface area (TPSA) is 87.2 Å². The molecule has 0 heterocycles. The Morgan fingerprint density at radius 3 is 2.19 bits per heavy atom. The molecule has 0 aliphatic rings. The van der Waals surface area contributed by atoms with Gasteiger partial charge in [0.25, 0.3) is 5.91 Å². The van der Waals surface area contributed by atoms with E-state index in [4.69, 9.17) is 20.9 Å². The van der Waals surface area contributed by atoms with E-state index in [1.165, 1.54) is 0 Å². The van der Waals surface area contributed by atoms with Crippen molar-refractivity contribution < 1.29 is 53.8 Å². The van der Waals surface area contributed by atoms with Crippen molar-refractivity contribution in [2.24, 2.45) is 0 Å². The third kappa shape index (κ3) is 7.59. The second-order valence-corrected chi connectivity index (χ2v) is 7.23. The Labute approximate surface area is 178 Å². The van der Waals surface area contributed by atoms with Gasteiger partial charge in [0.05, 0.1) is 16.6 Å². The fraction of sp³-hybridized carbons (Fsp3) is 0.467. The van der Waals surface area contributed by atoms with Crippen LogP contribution in [0.25, 0.3) is 0 Å². The van der Waals surface area contributed by atoms with Crippen LogP contribution >= 0.6 is 11.6 Å². The SMILES string of the molecule is CC(=O)N(CC(F)(F)F)C(=O)c1cc(OCC(C)N(S(=O)O)C(F)(F)F)c(F)cc1Cl. The molecule has 2 atom stereocenters. The van der Waals surface area contributed by atoms with E-state index < -0.39 is 81.2 Å². The molecule has 0 aliphatic heterocycles. The van der Waals surface area contributed by atoms with Crippen LogP contribution in [0.3, 0.4) is 0 Å². The monoisotopic (exact) mass is 502 g/mol. The smallest absolute Gasteiger partial charge is 0.473 e. The van der Waals surface area contributed by atoms with Gasteiger partial charge in [-0.3, -0.25) is 19.0 Å². The molecule has 0 aliphatic carbocycles. The van der Waals surface area contributed by atoms with Crippen LogP contribution in [0.15, 0.2) is 12.1 Å². The predicted molar refractivity (Wildman–Crippen MR) is 92.8 cm³/mol. The van der Waals surface area contributed by atoms with Crippen LogP contribution in [-0.4, -0.2) is 61.5 Å². The summed E-state index contributed by atoms with van der Waals surface area (Å²) in [6.07, 6.45) is -10.2. The fourth-order valence-corrected chi connectivity index (χ4v) is 3.00. The number of alkyl halides is 6. The standard InChI is InChI=1S/C15H14ClF7N2O5S/c1-7(25(31(28)29)15(21,22)23)5-30-12-3-9(10(16)4-11(12)17)13(27)24(8(2)26)6-14(18,19)20/h3-4,7H,5-6H2,1-2H3,(H,28,29). The number of ether oxygens (including phenoxy) is 1. The minimum Gasteiger partial charge on any atom is -0.489 e. The Bertz CT molecular complexity index is 865. The van der Waals surface area contributed by atoms with Crippen LogP contribution in [0.2, 0.25) is 5.02 Å². The number of nitrogens with zero attached hydrogens (tertiary/aromatic N) is 2. The Balaban J connectivity index is 3.19. The van der Waals surface area contributed by atoms with Crippen molar-refractivity contribution in [3.8, 4) is 5.75 Å². The van der Waals surface area contributed by atoms with E-state index in [1.807, 2.05) is 0 Å². The lowest BCUT2D eigenvalue weighted by atomic mass is 10.1. The molecule has 0 radical (unpaired) electrons. The van der Waals surface area contributed by atoms with Gasteiger partial charge in [0.2, 0.25) is 17.2 Å². The average molecular weight is 503 g/mol. The van der Waals surface area contributed by atoms with Gasteiger partial charge >= 0.3 is 12.5 Å². The van der Waals surface area contributed by atoms with Crippen LogP contribution in [0.5, 0.6) is 5.75 Å². The van der Waals surface area contributed by atoms with Crippen LogP contribution in [0.4, 0.5) is 30.7 Å². The van der Waals surface area contributed by atoms with E-state index in [-0.39, 0.29) is 4.90 Å². The number of carbonyl (C=O) groups excluding carboxylic acids is 2. The van der Waals surface area contributed by atoms with E-state index in [2.05, 4.69) is 0 Å². The van der Waals surface area contributed by atoms with E-state index in [0.29, 0.717) is 19.1 Å². The molecule has 0 saturated heterocycles. The summed E-state index contributed by atoms with van der Waals surface area (Å²) < 4.78 is 114. The Morgan fingerprint density at radius 1 is 1.23 bits per heavy atom. The average Bonchev–Trinajstić information content (AvgIpc) is 2.55. The molecule has 176 valence electrons. The highest BCUT2D eigenvalue weighted by molar-refractivity contribution is 7.76. The second-order valence-electron chi connectivity index (χ2n) is 5.97. The first-order chi connectivity index (χ1) is 14.0. The van der Waals surface area contributed by atoms with Gasteiger partial charge in [-0.1, -0.05) is 11.6 Å². The Kier molecular flexibility index (Phi) is 8.82. The summed E-state index contributed by atoms with van der Waals surface area (Å²) in [7, 11) is 0. The van der Waals surface area contributed by atoms with Crippen LogP contribution in [-0.2, 0) is 16.1 Å². The van der Waals surface area contributed by atoms with Gasteiger partial charge in [-0.15, -0.1) is 4.31 Å². The second kappa shape index (κ2) is 10.1. The van der Waals surface area contributed by atoms with Gasteiger partial charge in [0.15, 0.2) is 11.6 Å². The molecule has 0 fully saturated rings. The molecule has 2 amide bonds. The van der Waals surface area contributed by atoms with Gasteiger partial charge in [-0.2, -0.15) is 26.3 Å². The molecule has 0 bridgehead atoms. The third-order valence-electron chi connectivity index (χ3n) is 3.51. The molecular formula is C15H14ClF7N2O5S. The van der Waals surface area contributed by atoms with Gasteiger partial charge < -0.3 is 4.74 Å². The first-order valence-corrected chi connectivity index (χ1v) is 9.38. The van der Waals surface area contributed by atoms with Gasteiger partial charge in [-0.05, 0) is 19.1 Å². The predicted octanol–water partition coefficient (Wildman–Crippen LogP) is 3.76. The largest absolute Gasteiger partial charge is 0.489 e. The van der Waals surface area contributed by atoms with E-state index in [0.717, 1.165) is 6.92 Å². The fourth-order valence-electron chi connectivity index (χ4n) is 2.22. The lowest BCUT2D eigenvalue weighted by Gasteiger charge is -2.26. The van der Waals surface area contributed by atoms with Crippen molar-refractivity contribution in [1.29, 1.82) is 0 Å². The van der Waals surface area contributed by atoms with E-state index in [9.17, 15) is 44.5 Å². The normalized spacial score (nSPS) is 14.3. The van der Waals surface area contributed by atoms with E-state index in [1.54, 1.807) is 0 Å². The van der Waals surface area contributed by atoms with Crippen molar-refractivity contribution in [2.75, 3.05) is 13.2 Å². The third-order valence-corrected chi connectivity index (χ3v) is 4.73. The molecule has 2 unspecified atom stereocenters. The number of halogens is 8. The zero-order chi connectivity index (χ0) is 24.3. The van der Waals surface area contributed by atoms with Gasteiger partial charge in [0, 0.05) is 6.92 Å². The highest BCUT2D eigenvalue weighted by atomic mass is 35.5. The molecule has 1 rings (SSSR count). The molecule has 1 aromatic rings. The maximum absolute atomic E-state index is 14.0. The minimum absolute atomic E-state index is 0.216. The molecule has 0 aromatic heterocycles. The summed E-state index contributed by atoms with van der Waals surface area (Å²) in [6.45, 7) is -1.49. The first kappa shape index (κ1) is 27.1. The van der Waals surface area contributed by atoms with Gasteiger partial charge in [0.1, 0.15) is 13.2 Å². The summed E-state index contributed by atoms with van der Waals surface area (Å²) in [6, 6.07) is -0.863. The van der Waals surface area contributed by atoms with Crippen molar-refractivity contribution in [3.63, 3.8) is 0 Å². The zero-order valence-electron chi connectivity index (χ0n) is 15.6. The number of hydrogen-bond donors (Lipinski definition) is 1. The summed E-state index contributed by atoms with van der Waals surface area (Å²) in [4.78, 5) is 23.6. The van der Waals surface area contributed by atoms with E-state index >= 15 is 0 Å². The highest BCUT2D eigenvalue weighted by Gasteiger charge is 2.45. The number of carbonyl (C=O) groups is 2. The van der Waals surface area contributed by atoms with Crippen LogP contribution < -0.4 is 4.74 Å². The molecule has 0 saturated carbocycles. The van der Waals surface area contributed by atoms with Crippen molar-refractivity contribution in [3.05, 3.63) is 28.5 Å². The molecule has 7 nitrogen and oxygen atoms in total. The lowest BCUT2D eigenvalue weighted by Crippen LogP contribution is -2.47. The number of rotatable bonds is 7. The molecule has 1 aromatic carbocycles. The molecule has 16 heteroatoms. The summed E-state index contributed by atoms with van der Waals surface area (Å²) in [5, 5.41) is -0.690. The Morgan fingerprint density at radius 2 is 1.77 bits per heavy atom. The number of imide groups is 1. The number of benzene rings is 1. The molecule has 1 N–H and O–H groups in total. The van der Waals surface area contributed by atoms with Gasteiger partial charge in [-0.25, -0.2) is 8.60 Å². The highest BCUT2D eigenvalue weighted by Crippen LogP contribution is 2.30. The quantitative estimate of drug-likeness (QED) is 0.349. The Hall–Kier alpha value is -1.97. The minimum atomic E-state index is -5.25. The van der Waals surface area contributed by atoms with Crippen LogP contribution in [0.1, 0.15) is 24.2 Å². The first-order valence-electron chi connectivity index (χ1n) is 7.93. The summed E-state index contributed by atoms with van der Waals surface area (Å²) >= 11 is 2.17. The zero-order valence-corrected chi connectivity index (χ0v) is 17.1. The van der Waals surface area contributed by atoms with Crippen molar-refractivity contribution >= 4 is 34.7 Å². The summed E-state index contributed by atoms with van der Waals surface area (Å²) in [5.74, 6) is -5.03. The summed E-state index contributed by atoms with van der Waals surface area (Å²) in [5.41, 5.74) is -0.788. The van der Waals surface area contributed by atoms with Crippen LogP contribution in [0, 0.1) is 5.82 Å². The molecule has 31 heavy (non-hydrogen) atoms. The molecular weight excluding hydrogens is 489 g/mol. The number of amides is 2. The number of hydrogen-bond acceptors (Lipinski definition) is 4. The van der Waals surface area contributed by atoms with Crippen molar-refractivity contribution in [2.45, 2.75) is 32.4 Å². The maximum atomic E-state index is 14.0. The van der Waals surface area contributed by atoms with Crippen molar-refractivity contribution in [1.82, 2.24) is 9.21 Å². The lowest BCUT2D eigenvalue weighted by molar-refractivity contribution is -0.222. The maximum Gasteiger partial charge on any atom is 0.473 e. The molecule has 0 spiro atoms.